The molecule has 2 aromatic carbocycles. The van der Waals surface area contributed by atoms with E-state index >= 15 is 0 Å². The Morgan fingerprint density at radius 2 is 1.75 bits per heavy atom. The van der Waals surface area contributed by atoms with Crippen LogP contribution in [0.15, 0.2) is 34.9 Å². The van der Waals surface area contributed by atoms with Gasteiger partial charge in [-0.05, 0) is 78.8 Å². The highest BCUT2D eigenvalue weighted by Gasteiger charge is 2.40. The zero-order valence-electron chi connectivity index (χ0n) is 28.3. The van der Waals surface area contributed by atoms with E-state index in [1.54, 1.807) is 13.3 Å². The van der Waals surface area contributed by atoms with Crippen LogP contribution in [-0.2, 0) is 16.4 Å². The summed E-state index contributed by atoms with van der Waals surface area (Å²) in [4.78, 5) is 17.1. The molecular formula is C34H45BrN8O4S. The molecule has 4 aliphatic rings. The highest BCUT2D eigenvalue weighted by molar-refractivity contribution is 9.10. The first-order valence-electron chi connectivity index (χ1n) is 16.7. The first-order chi connectivity index (χ1) is 23.0. The second kappa shape index (κ2) is 13.2. The van der Waals surface area contributed by atoms with Crippen LogP contribution in [0.5, 0.6) is 11.5 Å². The molecule has 0 radical (unpaired) electrons. The fraction of sp³-hybridized carbons (Fsp3) is 0.529. The summed E-state index contributed by atoms with van der Waals surface area (Å²) >= 11 is 3.56. The molecule has 1 aromatic heterocycles. The first kappa shape index (κ1) is 33.2. The topological polar surface area (TPSA) is 115 Å². The number of aryl methyl sites for hydroxylation is 1. The van der Waals surface area contributed by atoms with Crippen LogP contribution < -0.4 is 29.3 Å². The number of sulfonamides is 1. The number of benzene rings is 2. The van der Waals surface area contributed by atoms with Crippen molar-refractivity contribution in [3.05, 3.63) is 46.1 Å². The lowest BCUT2D eigenvalue weighted by Crippen LogP contribution is -2.56. The highest BCUT2D eigenvalue weighted by Crippen LogP contribution is 2.41. The lowest BCUT2D eigenvalue weighted by atomic mass is 9.99. The summed E-state index contributed by atoms with van der Waals surface area (Å²) in [7, 11) is 2.01. The molecule has 3 saturated heterocycles. The number of anilines is 6. The van der Waals surface area contributed by atoms with Gasteiger partial charge in [0.15, 0.2) is 0 Å². The molecule has 2 atom stereocenters. The summed E-state index contributed by atoms with van der Waals surface area (Å²) in [6, 6.07) is 9.99. The average molecular weight is 742 g/mol. The number of hydrogen-bond donors (Lipinski definition) is 2. The molecule has 14 heteroatoms. The molecular weight excluding hydrogens is 696 g/mol. The van der Waals surface area contributed by atoms with E-state index in [1.165, 1.54) is 62.1 Å². The zero-order valence-corrected chi connectivity index (χ0v) is 30.7. The molecule has 0 saturated carbocycles. The maximum Gasteiger partial charge on any atom is 0.232 e. The third kappa shape index (κ3) is 6.51. The number of rotatable bonds is 9. The van der Waals surface area contributed by atoms with Crippen molar-refractivity contribution >= 4 is 60.5 Å². The minimum absolute atomic E-state index is 0.364. The van der Waals surface area contributed by atoms with Gasteiger partial charge in [0.05, 0.1) is 41.5 Å². The molecule has 0 aliphatic carbocycles. The standard InChI is InChI=1S/C34H45BrN8O4S/c1-21-14-28(32(46-4)17-29(21)42-11-8-23(9-12-42)43-19-24-6-7-25(20-43)40(24)2)38-34-36-18-26(35)33(39-34)37-27-16-31-22(10-13-47-31)15-30(27)41(3)48(5,44)45/h14-18,23-25H,6-13,19-20H2,1-5H3,(H2,36,37,38,39)/t24-,25+. The van der Waals surface area contributed by atoms with Crippen LogP contribution in [0.4, 0.5) is 34.5 Å². The summed E-state index contributed by atoms with van der Waals surface area (Å²) in [5, 5.41) is 6.66. The van der Waals surface area contributed by atoms with Crippen molar-refractivity contribution in [1.82, 2.24) is 19.8 Å². The Morgan fingerprint density at radius 3 is 2.44 bits per heavy atom. The van der Waals surface area contributed by atoms with Gasteiger partial charge in [-0.3, -0.25) is 14.1 Å². The van der Waals surface area contributed by atoms with Crippen molar-refractivity contribution in [2.75, 3.05) is 80.1 Å². The van der Waals surface area contributed by atoms with Gasteiger partial charge in [0.2, 0.25) is 16.0 Å². The number of piperidine rings is 1. The summed E-state index contributed by atoms with van der Waals surface area (Å²) in [5.74, 6) is 2.27. The van der Waals surface area contributed by atoms with Crippen molar-refractivity contribution in [3.8, 4) is 11.5 Å². The second-order valence-electron chi connectivity index (χ2n) is 13.5. The fourth-order valence-corrected chi connectivity index (χ4v) is 8.51. The Bertz CT molecular complexity index is 1790. The van der Waals surface area contributed by atoms with E-state index < -0.39 is 10.0 Å². The summed E-state index contributed by atoms with van der Waals surface area (Å²) in [6.45, 7) is 7.16. The largest absolute Gasteiger partial charge is 0.494 e. The Balaban J connectivity index is 1.07. The van der Waals surface area contributed by atoms with Crippen LogP contribution in [-0.4, -0.2) is 107 Å². The molecule has 2 N–H and O–H groups in total. The van der Waals surface area contributed by atoms with Crippen LogP contribution in [0.25, 0.3) is 0 Å². The van der Waals surface area contributed by atoms with Crippen molar-refractivity contribution in [1.29, 1.82) is 0 Å². The summed E-state index contributed by atoms with van der Waals surface area (Å²) < 4.78 is 38.5. The number of ether oxygens (including phenoxy) is 2. The number of hydrogen-bond acceptors (Lipinski definition) is 11. The number of piperazine rings is 1. The van der Waals surface area contributed by atoms with Crippen LogP contribution in [0.1, 0.15) is 36.8 Å². The smallest absolute Gasteiger partial charge is 0.232 e. The Labute approximate surface area is 292 Å². The molecule has 0 amide bonds. The Kier molecular flexibility index (Phi) is 9.11. The van der Waals surface area contributed by atoms with Crippen molar-refractivity contribution in [2.45, 2.75) is 57.2 Å². The number of nitrogens with one attached hydrogen (secondary N) is 2. The minimum Gasteiger partial charge on any atom is -0.494 e. The van der Waals surface area contributed by atoms with E-state index in [0.717, 1.165) is 54.2 Å². The quantitative estimate of drug-likeness (QED) is 0.305. The van der Waals surface area contributed by atoms with Crippen LogP contribution >= 0.6 is 15.9 Å². The maximum atomic E-state index is 12.5. The number of halogens is 1. The molecule has 258 valence electrons. The molecule has 12 nitrogen and oxygen atoms in total. The molecule has 0 unspecified atom stereocenters. The van der Waals surface area contributed by atoms with Gasteiger partial charge in [-0.15, -0.1) is 0 Å². The van der Waals surface area contributed by atoms with Gasteiger partial charge in [0.1, 0.15) is 17.3 Å². The molecule has 5 heterocycles. The van der Waals surface area contributed by atoms with Gasteiger partial charge < -0.3 is 25.0 Å². The third-order valence-electron chi connectivity index (χ3n) is 10.6. The zero-order chi connectivity index (χ0) is 33.7. The molecule has 3 aromatic rings. The van der Waals surface area contributed by atoms with Gasteiger partial charge in [0, 0.05) is 81.8 Å². The first-order valence-corrected chi connectivity index (χ1v) is 19.3. The lowest BCUT2D eigenvalue weighted by Gasteiger charge is -2.46. The van der Waals surface area contributed by atoms with Gasteiger partial charge in [-0.25, -0.2) is 13.4 Å². The Hall–Kier alpha value is -3.33. The number of aromatic nitrogens is 2. The minimum atomic E-state index is -3.51. The third-order valence-corrected chi connectivity index (χ3v) is 12.4. The van der Waals surface area contributed by atoms with E-state index in [2.05, 4.69) is 72.4 Å². The SMILES string of the molecule is COc1cc(N2CCC(N3C[C@H]4CC[C@@H](C3)N4C)CC2)c(C)cc1Nc1ncc(Br)c(Nc2cc3c(cc2N(C)S(C)(=O)=O)CCO3)n1. The van der Waals surface area contributed by atoms with Gasteiger partial charge in [-0.2, -0.15) is 4.98 Å². The van der Waals surface area contributed by atoms with Gasteiger partial charge in [0.25, 0.3) is 0 Å². The van der Waals surface area contributed by atoms with Crippen LogP contribution in [0.3, 0.4) is 0 Å². The van der Waals surface area contributed by atoms with E-state index in [-0.39, 0.29) is 0 Å². The number of nitrogens with zero attached hydrogens (tertiary/aromatic N) is 6. The van der Waals surface area contributed by atoms with Crippen molar-refractivity contribution < 1.29 is 17.9 Å². The molecule has 4 aliphatic heterocycles. The number of methoxy groups -OCH3 is 1. The maximum absolute atomic E-state index is 12.5. The Morgan fingerprint density at radius 1 is 1.02 bits per heavy atom. The number of likely N-dealkylation sites (N-methyl/N-ethyl adjacent to an activating group) is 1. The lowest BCUT2D eigenvalue weighted by molar-refractivity contribution is 0.0495. The van der Waals surface area contributed by atoms with E-state index in [4.69, 9.17) is 14.5 Å². The predicted octanol–water partition coefficient (Wildman–Crippen LogP) is 5.12. The van der Waals surface area contributed by atoms with E-state index in [1.807, 2.05) is 12.1 Å². The number of likely N-dealkylation sites (tertiary alicyclic amines) is 1. The average Bonchev–Trinajstić information content (AvgIpc) is 3.58. The highest BCUT2D eigenvalue weighted by atomic mass is 79.9. The van der Waals surface area contributed by atoms with Crippen molar-refractivity contribution in [2.24, 2.45) is 0 Å². The predicted molar refractivity (Wildman–Crippen MR) is 194 cm³/mol. The van der Waals surface area contributed by atoms with Crippen LogP contribution in [0, 0.1) is 6.92 Å². The molecule has 48 heavy (non-hydrogen) atoms. The van der Waals surface area contributed by atoms with Gasteiger partial charge in [-0.1, -0.05) is 0 Å². The molecule has 3 fully saturated rings. The number of fused-ring (bicyclic) bond motifs is 3. The van der Waals surface area contributed by atoms with Crippen molar-refractivity contribution in [3.63, 3.8) is 0 Å². The second-order valence-corrected chi connectivity index (χ2v) is 16.4. The monoisotopic (exact) mass is 740 g/mol. The van der Waals surface area contributed by atoms with E-state index in [9.17, 15) is 8.42 Å². The summed E-state index contributed by atoms with van der Waals surface area (Å²) in [5.41, 5.74) is 5.13. The fourth-order valence-electron chi connectivity index (χ4n) is 7.72. The van der Waals surface area contributed by atoms with Crippen LogP contribution in [0.2, 0.25) is 0 Å². The normalized spacial score (nSPS) is 21.6. The summed E-state index contributed by atoms with van der Waals surface area (Å²) in [6.07, 6.45) is 8.59. The van der Waals surface area contributed by atoms with E-state index in [0.29, 0.717) is 46.0 Å². The van der Waals surface area contributed by atoms with Gasteiger partial charge >= 0.3 is 0 Å². The molecule has 0 spiro atoms. The molecule has 7 rings (SSSR count). The molecule has 2 bridgehead atoms.